The fourth-order valence-electron chi connectivity index (χ4n) is 3.13. The molecule has 29 heavy (non-hydrogen) atoms. The first-order valence-electron chi connectivity index (χ1n) is 9.36. The Labute approximate surface area is 173 Å². The molecule has 0 saturated carbocycles. The van der Waals surface area contributed by atoms with Crippen LogP contribution in [-0.4, -0.2) is 70.0 Å². The fraction of sp³-hybridized carbons (Fsp3) is 0.300. The summed E-state index contributed by atoms with van der Waals surface area (Å²) in [4.78, 5) is 25.5. The third-order valence-electron chi connectivity index (χ3n) is 4.76. The molecule has 1 fully saturated rings. The van der Waals surface area contributed by atoms with E-state index in [1.54, 1.807) is 13.3 Å². The molecule has 9 heteroatoms. The van der Waals surface area contributed by atoms with Crippen LogP contribution in [0.2, 0.25) is 0 Å². The molecule has 1 aromatic carbocycles. The quantitative estimate of drug-likeness (QED) is 0.624. The number of carbonyl (C=O) groups is 1. The van der Waals surface area contributed by atoms with Crippen LogP contribution in [-0.2, 0) is 4.79 Å². The van der Waals surface area contributed by atoms with Gasteiger partial charge in [0.15, 0.2) is 5.82 Å². The van der Waals surface area contributed by atoms with Gasteiger partial charge in [0.2, 0.25) is 11.1 Å². The van der Waals surface area contributed by atoms with Crippen LogP contribution in [0.1, 0.15) is 0 Å². The molecular formula is C20H22N6O2S. The number of hydrogen-bond acceptors (Lipinski definition) is 7. The molecule has 1 saturated heterocycles. The number of amides is 1. The zero-order valence-electron chi connectivity index (χ0n) is 16.1. The highest BCUT2D eigenvalue weighted by Gasteiger charge is 2.22. The van der Waals surface area contributed by atoms with Crippen LogP contribution in [0.25, 0.3) is 11.4 Å². The number of nitrogens with one attached hydrogen (secondary N) is 1. The smallest absolute Gasteiger partial charge is 0.233 e. The average Bonchev–Trinajstić information content (AvgIpc) is 3.27. The number of ether oxygens (including phenoxy) is 1. The number of pyridine rings is 1. The molecule has 0 spiro atoms. The summed E-state index contributed by atoms with van der Waals surface area (Å²) in [5.74, 6) is 2.85. The van der Waals surface area contributed by atoms with Crippen LogP contribution in [0.15, 0.2) is 53.8 Å². The summed E-state index contributed by atoms with van der Waals surface area (Å²) in [6.45, 7) is 2.97. The molecule has 1 aliphatic heterocycles. The first-order chi connectivity index (χ1) is 14.2. The molecule has 0 atom stereocenters. The van der Waals surface area contributed by atoms with Crippen LogP contribution >= 0.6 is 11.8 Å². The minimum atomic E-state index is 0.103. The number of anilines is 1. The summed E-state index contributed by atoms with van der Waals surface area (Å²) in [6.07, 6.45) is 1.79. The molecule has 1 aliphatic rings. The fourth-order valence-corrected chi connectivity index (χ4v) is 3.83. The molecule has 0 radical (unpaired) electrons. The zero-order valence-corrected chi connectivity index (χ0v) is 16.9. The monoisotopic (exact) mass is 410 g/mol. The Bertz CT molecular complexity index is 939. The standard InChI is InChI=1S/C20H22N6O2S/c1-28-16-7-5-15(6-8-16)19-22-20(24-23-19)29-14-18(27)26-12-10-25(11-13-26)17-4-2-3-9-21-17/h2-9H,10-14H2,1H3,(H,22,23,24). The number of aromatic nitrogens is 4. The van der Waals surface area contributed by atoms with Gasteiger partial charge in [0.1, 0.15) is 11.6 Å². The highest BCUT2D eigenvalue weighted by Crippen LogP contribution is 2.22. The second kappa shape index (κ2) is 8.95. The number of thioether (sulfide) groups is 1. The normalized spacial score (nSPS) is 14.1. The number of aromatic amines is 1. The zero-order chi connectivity index (χ0) is 20.1. The Balaban J connectivity index is 1.27. The molecule has 0 unspecified atom stereocenters. The Morgan fingerprint density at radius 2 is 1.93 bits per heavy atom. The van der Waals surface area contributed by atoms with Crippen molar-refractivity contribution >= 4 is 23.5 Å². The van der Waals surface area contributed by atoms with Crippen molar-refractivity contribution in [3.05, 3.63) is 48.7 Å². The molecule has 3 aromatic rings. The molecule has 1 amide bonds. The van der Waals surface area contributed by atoms with Gasteiger partial charge in [-0.2, -0.15) is 0 Å². The molecule has 8 nitrogen and oxygen atoms in total. The summed E-state index contributed by atoms with van der Waals surface area (Å²) in [6, 6.07) is 13.5. The van der Waals surface area contributed by atoms with Crippen molar-refractivity contribution in [1.82, 2.24) is 25.1 Å². The van der Waals surface area contributed by atoms with E-state index in [4.69, 9.17) is 4.74 Å². The van der Waals surface area contributed by atoms with Crippen molar-refractivity contribution in [1.29, 1.82) is 0 Å². The lowest BCUT2D eigenvalue weighted by molar-refractivity contribution is -0.128. The summed E-state index contributed by atoms with van der Waals surface area (Å²) >= 11 is 1.35. The SMILES string of the molecule is COc1ccc(-c2nc(SCC(=O)N3CCN(c4ccccn4)CC3)n[nH]2)cc1. The third-order valence-corrected chi connectivity index (χ3v) is 5.59. The van der Waals surface area contributed by atoms with E-state index >= 15 is 0 Å². The molecule has 3 heterocycles. The van der Waals surface area contributed by atoms with Crippen LogP contribution in [0, 0.1) is 0 Å². The summed E-state index contributed by atoms with van der Waals surface area (Å²) in [7, 11) is 1.63. The van der Waals surface area contributed by atoms with Crippen molar-refractivity contribution in [3.8, 4) is 17.1 Å². The lowest BCUT2D eigenvalue weighted by Crippen LogP contribution is -2.49. The summed E-state index contributed by atoms with van der Waals surface area (Å²) in [5, 5.41) is 7.70. The first kappa shape index (κ1) is 19.3. The minimum absolute atomic E-state index is 0.103. The Kier molecular flexibility index (Phi) is 5.95. The van der Waals surface area contributed by atoms with Crippen LogP contribution in [0.4, 0.5) is 5.82 Å². The molecule has 150 valence electrons. The first-order valence-corrected chi connectivity index (χ1v) is 10.3. The second-order valence-corrected chi connectivity index (χ2v) is 7.48. The van der Waals surface area contributed by atoms with E-state index in [2.05, 4.69) is 25.1 Å². The van der Waals surface area contributed by atoms with E-state index in [1.165, 1.54) is 11.8 Å². The number of H-pyrrole nitrogens is 1. The van der Waals surface area contributed by atoms with Crippen molar-refractivity contribution in [2.24, 2.45) is 0 Å². The number of benzene rings is 1. The van der Waals surface area contributed by atoms with Gasteiger partial charge in [0.05, 0.1) is 12.9 Å². The van der Waals surface area contributed by atoms with E-state index in [-0.39, 0.29) is 5.91 Å². The summed E-state index contributed by atoms with van der Waals surface area (Å²) in [5.41, 5.74) is 0.919. The van der Waals surface area contributed by atoms with E-state index < -0.39 is 0 Å². The maximum atomic E-state index is 12.6. The number of piperazine rings is 1. The lowest BCUT2D eigenvalue weighted by atomic mass is 10.2. The van der Waals surface area contributed by atoms with Gasteiger partial charge < -0.3 is 14.5 Å². The van der Waals surface area contributed by atoms with Crippen molar-refractivity contribution < 1.29 is 9.53 Å². The van der Waals surface area contributed by atoms with Crippen LogP contribution < -0.4 is 9.64 Å². The largest absolute Gasteiger partial charge is 0.497 e. The lowest BCUT2D eigenvalue weighted by Gasteiger charge is -2.35. The van der Waals surface area contributed by atoms with E-state index in [0.29, 0.717) is 29.8 Å². The van der Waals surface area contributed by atoms with Gasteiger partial charge in [0.25, 0.3) is 0 Å². The van der Waals surface area contributed by atoms with E-state index in [0.717, 1.165) is 30.2 Å². The summed E-state index contributed by atoms with van der Waals surface area (Å²) < 4.78 is 5.17. The molecule has 1 N–H and O–H groups in total. The van der Waals surface area contributed by atoms with E-state index in [1.807, 2.05) is 47.4 Å². The predicted octanol–water partition coefficient (Wildman–Crippen LogP) is 2.32. The Morgan fingerprint density at radius 1 is 1.14 bits per heavy atom. The number of nitrogens with zero attached hydrogens (tertiary/aromatic N) is 5. The van der Waals surface area contributed by atoms with Gasteiger partial charge in [-0.3, -0.25) is 9.89 Å². The Hall–Kier alpha value is -3.07. The van der Waals surface area contributed by atoms with Gasteiger partial charge in [0, 0.05) is 37.9 Å². The molecule has 2 aromatic heterocycles. The maximum absolute atomic E-state index is 12.6. The van der Waals surface area contributed by atoms with Gasteiger partial charge in [-0.15, -0.1) is 5.10 Å². The topological polar surface area (TPSA) is 87.2 Å². The van der Waals surface area contributed by atoms with Gasteiger partial charge >= 0.3 is 0 Å². The van der Waals surface area contributed by atoms with Crippen LogP contribution in [0.3, 0.4) is 0 Å². The van der Waals surface area contributed by atoms with Gasteiger partial charge in [-0.1, -0.05) is 17.8 Å². The molecular weight excluding hydrogens is 388 g/mol. The third kappa shape index (κ3) is 4.68. The highest BCUT2D eigenvalue weighted by molar-refractivity contribution is 7.99. The number of carbonyl (C=O) groups excluding carboxylic acids is 1. The van der Waals surface area contributed by atoms with Crippen molar-refractivity contribution in [2.75, 3.05) is 43.9 Å². The number of rotatable bonds is 6. The van der Waals surface area contributed by atoms with Crippen molar-refractivity contribution in [3.63, 3.8) is 0 Å². The van der Waals surface area contributed by atoms with E-state index in [9.17, 15) is 4.79 Å². The second-order valence-electron chi connectivity index (χ2n) is 6.54. The predicted molar refractivity (Wildman–Crippen MR) is 112 cm³/mol. The molecule has 4 rings (SSSR count). The Morgan fingerprint density at radius 3 is 2.62 bits per heavy atom. The van der Waals surface area contributed by atoms with Crippen molar-refractivity contribution in [2.45, 2.75) is 5.16 Å². The molecule has 0 bridgehead atoms. The number of hydrogen-bond donors (Lipinski definition) is 1. The van der Waals surface area contributed by atoms with Gasteiger partial charge in [-0.05, 0) is 36.4 Å². The van der Waals surface area contributed by atoms with Gasteiger partial charge in [-0.25, -0.2) is 9.97 Å². The minimum Gasteiger partial charge on any atom is -0.497 e. The maximum Gasteiger partial charge on any atom is 0.233 e. The number of methoxy groups -OCH3 is 1. The average molecular weight is 411 g/mol. The molecule has 0 aliphatic carbocycles. The van der Waals surface area contributed by atoms with Crippen LogP contribution in [0.5, 0.6) is 5.75 Å². The highest BCUT2D eigenvalue weighted by atomic mass is 32.2.